The molecule has 1 rings (SSSR count). The van der Waals surface area contributed by atoms with Gasteiger partial charge in [-0.3, -0.25) is 10.1 Å². The molecule has 1 aromatic carbocycles. The highest BCUT2D eigenvalue weighted by Crippen LogP contribution is 2.30. The summed E-state index contributed by atoms with van der Waals surface area (Å²) in [6.07, 6.45) is 0. The molecule has 0 amide bonds. The molecule has 1 atom stereocenters. The average molecular weight is 246 g/mol. The van der Waals surface area contributed by atoms with Crippen molar-refractivity contribution in [3.63, 3.8) is 0 Å². The van der Waals surface area contributed by atoms with Gasteiger partial charge in [0.2, 0.25) is 0 Å². The topological polar surface area (TPSA) is 72.6 Å². The number of nitro benzene ring substituents is 1. The van der Waals surface area contributed by atoms with Gasteiger partial charge in [-0.1, -0.05) is 18.5 Å². The van der Waals surface area contributed by atoms with Crippen LogP contribution in [0.25, 0.3) is 0 Å². The molecule has 0 fully saturated rings. The number of nitrogens with zero attached hydrogens (tertiary/aromatic N) is 1. The van der Waals surface area contributed by atoms with Gasteiger partial charge in [-0.25, -0.2) is 0 Å². The van der Waals surface area contributed by atoms with Crippen molar-refractivity contribution in [1.29, 1.82) is 0 Å². The Balaban J connectivity index is 2.82. The Morgan fingerprint density at radius 2 is 2.31 bits per heavy atom. The number of aliphatic hydroxyl groups is 1. The smallest absolute Gasteiger partial charge is 0.312 e. The van der Waals surface area contributed by atoms with Crippen molar-refractivity contribution in [2.24, 2.45) is 5.92 Å². The highest BCUT2D eigenvalue weighted by molar-refractivity contribution is 6.30. The van der Waals surface area contributed by atoms with Gasteiger partial charge in [-0.05, 0) is 12.1 Å². The molecule has 0 saturated carbocycles. The second-order valence-corrected chi connectivity index (χ2v) is 3.90. The lowest BCUT2D eigenvalue weighted by Gasteiger charge is -2.10. The summed E-state index contributed by atoms with van der Waals surface area (Å²) in [5, 5.41) is 19.8. The molecule has 1 unspecified atom stereocenters. The predicted octanol–water partition coefficient (Wildman–Crippen LogP) is 2.26. The monoisotopic (exact) mass is 245 g/mol. The van der Waals surface area contributed by atoms with Gasteiger partial charge in [0.25, 0.3) is 0 Å². The fourth-order valence-corrected chi connectivity index (χ4v) is 1.21. The molecule has 88 valence electrons. The molecular formula is C10H12ClNO4. The number of benzene rings is 1. The second kappa shape index (κ2) is 5.67. The summed E-state index contributed by atoms with van der Waals surface area (Å²) >= 11 is 5.65. The zero-order valence-corrected chi connectivity index (χ0v) is 9.48. The first-order valence-corrected chi connectivity index (χ1v) is 5.10. The summed E-state index contributed by atoms with van der Waals surface area (Å²) in [6, 6.07) is 4.21. The van der Waals surface area contributed by atoms with Gasteiger partial charge >= 0.3 is 5.69 Å². The van der Waals surface area contributed by atoms with Gasteiger partial charge in [0.05, 0.1) is 11.5 Å². The Labute approximate surface area is 97.8 Å². The normalized spacial score (nSPS) is 12.2. The van der Waals surface area contributed by atoms with Gasteiger partial charge in [0.1, 0.15) is 0 Å². The third kappa shape index (κ3) is 3.36. The van der Waals surface area contributed by atoms with Crippen LogP contribution in [0.15, 0.2) is 18.2 Å². The number of nitro groups is 1. The van der Waals surface area contributed by atoms with Crippen molar-refractivity contribution in [1.82, 2.24) is 0 Å². The Kier molecular flexibility index (Phi) is 4.52. The average Bonchev–Trinajstić information content (AvgIpc) is 2.26. The Morgan fingerprint density at radius 3 is 2.88 bits per heavy atom. The summed E-state index contributed by atoms with van der Waals surface area (Å²) in [5.41, 5.74) is -0.169. The van der Waals surface area contributed by atoms with Gasteiger partial charge in [-0.2, -0.15) is 0 Å². The van der Waals surface area contributed by atoms with E-state index in [0.29, 0.717) is 0 Å². The number of hydrogen-bond donors (Lipinski definition) is 1. The standard InChI is InChI=1S/C10H12ClNO4/c1-7(5-13)6-16-10-3-2-8(11)4-9(10)12(14)15/h2-4,7,13H,5-6H2,1H3. The van der Waals surface area contributed by atoms with E-state index in [4.69, 9.17) is 21.4 Å². The molecule has 0 aliphatic heterocycles. The van der Waals surface area contributed by atoms with E-state index in [9.17, 15) is 10.1 Å². The molecule has 0 heterocycles. The molecular weight excluding hydrogens is 234 g/mol. The summed E-state index contributed by atoms with van der Waals surface area (Å²) in [7, 11) is 0. The van der Waals surface area contributed by atoms with E-state index >= 15 is 0 Å². The van der Waals surface area contributed by atoms with Crippen LogP contribution in [-0.2, 0) is 0 Å². The second-order valence-electron chi connectivity index (χ2n) is 3.47. The molecule has 6 heteroatoms. The van der Waals surface area contributed by atoms with Crippen LogP contribution in [0, 0.1) is 16.0 Å². The van der Waals surface area contributed by atoms with Crippen molar-refractivity contribution in [2.75, 3.05) is 13.2 Å². The first-order chi connectivity index (χ1) is 7.54. The fraction of sp³-hybridized carbons (Fsp3) is 0.400. The van der Waals surface area contributed by atoms with Gasteiger partial charge in [0.15, 0.2) is 5.75 Å². The van der Waals surface area contributed by atoms with E-state index in [1.165, 1.54) is 18.2 Å². The number of aliphatic hydroxyl groups excluding tert-OH is 1. The Morgan fingerprint density at radius 1 is 1.62 bits per heavy atom. The third-order valence-corrected chi connectivity index (χ3v) is 2.19. The van der Waals surface area contributed by atoms with Crippen molar-refractivity contribution in [3.8, 4) is 5.75 Å². The zero-order chi connectivity index (χ0) is 12.1. The van der Waals surface area contributed by atoms with Crippen molar-refractivity contribution in [3.05, 3.63) is 33.3 Å². The number of rotatable bonds is 5. The molecule has 0 spiro atoms. The van der Waals surface area contributed by atoms with Crippen LogP contribution in [0.5, 0.6) is 5.75 Å². The summed E-state index contributed by atoms with van der Waals surface area (Å²) in [5.74, 6) is 0.0879. The van der Waals surface area contributed by atoms with Crippen LogP contribution in [0.2, 0.25) is 5.02 Å². The lowest BCUT2D eigenvalue weighted by atomic mass is 10.2. The van der Waals surface area contributed by atoms with E-state index in [2.05, 4.69) is 0 Å². The van der Waals surface area contributed by atoms with Gasteiger partial charge in [0, 0.05) is 23.6 Å². The Bertz CT molecular complexity index is 383. The van der Waals surface area contributed by atoms with Crippen molar-refractivity contribution >= 4 is 17.3 Å². The zero-order valence-electron chi connectivity index (χ0n) is 8.72. The van der Waals surface area contributed by atoms with E-state index < -0.39 is 4.92 Å². The molecule has 0 radical (unpaired) electrons. The minimum atomic E-state index is -0.551. The summed E-state index contributed by atoms with van der Waals surface area (Å²) in [4.78, 5) is 10.2. The highest BCUT2D eigenvalue weighted by Gasteiger charge is 2.16. The fourth-order valence-electron chi connectivity index (χ4n) is 1.04. The van der Waals surface area contributed by atoms with E-state index in [1.54, 1.807) is 6.92 Å². The largest absolute Gasteiger partial charge is 0.486 e. The minimum Gasteiger partial charge on any atom is -0.486 e. The quantitative estimate of drug-likeness (QED) is 0.638. The number of ether oxygens (including phenoxy) is 1. The lowest BCUT2D eigenvalue weighted by Crippen LogP contribution is -2.12. The van der Waals surface area contributed by atoms with Gasteiger partial charge in [-0.15, -0.1) is 0 Å². The molecule has 1 aromatic rings. The van der Waals surface area contributed by atoms with Crippen molar-refractivity contribution < 1.29 is 14.8 Å². The molecule has 0 aliphatic rings. The minimum absolute atomic E-state index is 0.0264. The highest BCUT2D eigenvalue weighted by atomic mass is 35.5. The lowest BCUT2D eigenvalue weighted by molar-refractivity contribution is -0.385. The van der Waals surface area contributed by atoms with E-state index in [0.717, 1.165) is 0 Å². The van der Waals surface area contributed by atoms with Crippen LogP contribution >= 0.6 is 11.6 Å². The summed E-state index contributed by atoms with van der Waals surface area (Å²) < 4.78 is 5.25. The Hall–Kier alpha value is -1.33. The summed E-state index contributed by atoms with van der Waals surface area (Å²) in [6.45, 7) is 1.97. The molecule has 1 N–H and O–H groups in total. The maximum atomic E-state index is 10.7. The van der Waals surface area contributed by atoms with Crippen LogP contribution in [0.3, 0.4) is 0 Å². The number of hydrogen-bond acceptors (Lipinski definition) is 4. The van der Waals surface area contributed by atoms with Crippen LogP contribution in [0.1, 0.15) is 6.92 Å². The predicted molar refractivity (Wildman–Crippen MR) is 59.9 cm³/mol. The first kappa shape index (κ1) is 12.7. The van der Waals surface area contributed by atoms with Crippen LogP contribution in [0.4, 0.5) is 5.69 Å². The third-order valence-electron chi connectivity index (χ3n) is 1.95. The maximum absolute atomic E-state index is 10.7. The van der Waals surface area contributed by atoms with Gasteiger partial charge < -0.3 is 9.84 Å². The molecule has 0 saturated heterocycles. The molecule has 16 heavy (non-hydrogen) atoms. The first-order valence-electron chi connectivity index (χ1n) is 4.72. The SMILES string of the molecule is CC(CO)COc1ccc(Cl)cc1[N+](=O)[O-]. The number of halogens is 1. The van der Waals surface area contributed by atoms with E-state index in [1.807, 2.05) is 0 Å². The van der Waals surface area contributed by atoms with E-state index in [-0.39, 0.29) is 35.6 Å². The molecule has 0 bridgehead atoms. The van der Waals surface area contributed by atoms with Crippen LogP contribution < -0.4 is 4.74 Å². The molecule has 5 nitrogen and oxygen atoms in total. The maximum Gasteiger partial charge on any atom is 0.312 e. The molecule has 0 aliphatic carbocycles. The molecule has 0 aromatic heterocycles. The van der Waals surface area contributed by atoms with Crippen LogP contribution in [-0.4, -0.2) is 23.2 Å². The van der Waals surface area contributed by atoms with Crippen molar-refractivity contribution in [2.45, 2.75) is 6.92 Å².